The Morgan fingerprint density at radius 1 is 1.14 bits per heavy atom. The van der Waals surface area contributed by atoms with Gasteiger partial charge in [-0.1, -0.05) is 6.92 Å². The van der Waals surface area contributed by atoms with Crippen LogP contribution >= 0.6 is 0 Å². The molecule has 2 aliphatic heterocycles. The second kappa shape index (κ2) is 8.61. The van der Waals surface area contributed by atoms with Crippen LogP contribution in [-0.2, 0) is 17.8 Å². The summed E-state index contributed by atoms with van der Waals surface area (Å²) in [6.07, 6.45) is 5.49. The highest BCUT2D eigenvalue weighted by molar-refractivity contribution is 5.94. The Hall–Kier alpha value is -1.93. The Labute approximate surface area is 166 Å². The fourth-order valence-corrected chi connectivity index (χ4v) is 4.54. The number of rotatable bonds is 4. The van der Waals surface area contributed by atoms with Crippen molar-refractivity contribution in [2.24, 2.45) is 5.92 Å². The van der Waals surface area contributed by atoms with E-state index >= 15 is 0 Å². The van der Waals surface area contributed by atoms with Gasteiger partial charge in [0, 0.05) is 63.0 Å². The molecule has 3 aliphatic rings. The zero-order valence-corrected chi connectivity index (χ0v) is 16.8. The van der Waals surface area contributed by atoms with E-state index in [0.717, 1.165) is 56.1 Å². The van der Waals surface area contributed by atoms with Gasteiger partial charge in [-0.25, -0.2) is 0 Å². The van der Waals surface area contributed by atoms with Crippen LogP contribution in [0.2, 0.25) is 0 Å². The van der Waals surface area contributed by atoms with E-state index in [4.69, 9.17) is 0 Å². The summed E-state index contributed by atoms with van der Waals surface area (Å²) in [6, 6.07) is 0.339. The molecule has 1 aromatic rings. The third-order valence-electron chi connectivity index (χ3n) is 6.42. The molecule has 0 aromatic carbocycles. The van der Waals surface area contributed by atoms with E-state index in [1.807, 2.05) is 4.90 Å². The molecule has 3 N–H and O–H groups in total. The summed E-state index contributed by atoms with van der Waals surface area (Å²) in [6.45, 7) is 7.07. The molecule has 1 aliphatic carbocycles. The van der Waals surface area contributed by atoms with Crippen LogP contribution in [-0.4, -0.2) is 77.1 Å². The Balaban J connectivity index is 1.24. The zero-order chi connectivity index (χ0) is 19.5. The summed E-state index contributed by atoms with van der Waals surface area (Å²) in [7, 11) is 0. The summed E-state index contributed by atoms with van der Waals surface area (Å²) in [5.41, 5.74) is 2.65. The third kappa shape index (κ3) is 4.38. The molecule has 1 saturated carbocycles. The van der Waals surface area contributed by atoms with Gasteiger partial charge >= 0.3 is 0 Å². The van der Waals surface area contributed by atoms with Gasteiger partial charge in [0.25, 0.3) is 5.91 Å². The van der Waals surface area contributed by atoms with Crippen molar-refractivity contribution in [3.8, 4) is 0 Å². The van der Waals surface area contributed by atoms with Crippen LogP contribution in [0.5, 0.6) is 0 Å². The minimum atomic E-state index is 0.00151. The highest BCUT2D eigenvalue weighted by atomic mass is 16.2. The van der Waals surface area contributed by atoms with Crippen molar-refractivity contribution in [2.45, 2.75) is 51.6 Å². The first kappa shape index (κ1) is 19.4. The zero-order valence-electron chi connectivity index (χ0n) is 16.8. The first-order valence-electron chi connectivity index (χ1n) is 10.7. The standard InChI is InChI=1S/C20H32N6O2/c1-14-2-4-15(5-3-14)22-18(27)13-25-8-10-26(11-9-25)20(28)19-16-12-21-7-6-17(16)23-24-19/h14-15,21H,2-13H2,1H3,(H,22,27)(H,23,24). The molecular formula is C20H32N6O2. The first-order valence-corrected chi connectivity index (χ1v) is 10.7. The normalized spacial score (nSPS) is 26.0. The Kier molecular flexibility index (Phi) is 5.96. The smallest absolute Gasteiger partial charge is 0.274 e. The minimum Gasteiger partial charge on any atom is -0.352 e. The molecule has 1 aromatic heterocycles. The van der Waals surface area contributed by atoms with Gasteiger partial charge in [-0.05, 0) is 31.6 Å². The summed E-state index contributed by atoms with van der Waals surface area (Å²) in [4.78, 5) is 29.2. The lowest BCUT2D eigenvalue weighted by Gasteiger charge is -2.34. The Morgan fingerprint density at radius 3 is 2.64 bits per heavy atom. The molecule has 2 amide bonds. The number of aromatic amines is 1. The van der Waals surface area contributed by atoms with Crippen LogP contribution < -0.4 is 10.6 Å². The number of carbonyl (C=O) groups excluding carboxylic acids is 2. The molecule has 1 saturated heterocycles. The molecule has 0 bridgehead atoms. The quantitative estimate of drug-likeness (QED) is 0.699. The lowest BCUT2D eigenvalue weighted by atomic mass is 9.87. The van der Waals surface area contributed by atoms with Crippen LogP contribution in [0.4, 0.5) is 0 Å². The van der Waals surface area contributed by atoms with Crippen LogP contribution in [0.15, 0.2) is 0 Å². The average molecular weight is 389 g/mol. The van der Waals surface area contributed by atoms with E-state index in [9.17, 15) is 9.59 Å². The number of fused-ring (bicyclic) bond motifs is 1. The summed E-state index contributed by atoms with van der Waals surface area (Å²) < 4.78 is 0. The second-order valence-electron chi connectivity index (χ2n) is 8.55. The number of aromatic nitrogens is 2. The van der Waals surface area contributed by atoms with Crippen molar-refractivity contribution in [3.05, 3.63) is 17.0 Å². The van der Waals surface area contributed by atoms with Gasteiger partial charge in [0.15, 0.2) is 5.69 Å². The fraction of sp³-hybridized carbons (Fsp3) is 0.750. The highest BCUT2D eigenvalue weighted by Crippen LogP contribution is 2.23. The van der Waals surface area contributed by atoms with E-state index in [-0.39, 0.29) is 11.8 Å². The minimum absolute atomic E-state index is 0.00151. The number of hydrogen-bond acceptors (Lipinski definition) is 5. The average Bonchev–Trinajstić information content (AvgIpc) is 3.14. The van der Waals surface area contributed by atoms with Gasteiger partial charge in [-0.2, -0.15) is 5.10 Å². The second-order valence-corrected chi connectivity index (χ2v) is 8.55. The van der Waals surface area contributed by atoms with Gasteiger partial charge in [0.05, 0.1) is 6.54 Å². The van der Waals surface area contributed by atoms with Crippen molar-refractivity contribution in [1.29, 1.82) is 0 Å². The van der Waals surface area contributed by atoms with Gasteiger partial charge < -0.3 is 15.5 Å². The monoisotopic (exact) mass is 388 g/mol. The number of amides is 2. The molecule has 154 valence electrons. The van der Waals surface area contributed by atoms with Crippen molar-refractivity contribution in [2.75, 3.05) is 39.3 Å². The molecule has 0 spiro atoms. The molecule has 0 unspecified atom stereocenters. The SMILES string of the molecule is CC1CCC(NC(=O)CN2CCN(C(=O)c3n[nH]c4c3CNCC4)CC2)CC1. The largest absolute Gasteiger partial charge is 0.352 e. The van der Waals surface area contributed by atoms with Gasteiger partial charge in [0.1, 0.15) is 0 Å². The lowest BCUT2D eigenvalue weighted by molar-refractivity contribution is -0.123. The Bertz CT molecular complexity index is 702. The molecular weight excluding hydrogens is 356 g/mol. The maximum absolute atomic E-state index is 12.9. The summed E-state index contributed by atoms with van der Waals surface area (Å²) in [5.74, 6) is 0.906. The summed E-state index contributed by atoms with van der Waals surface area (Å²) >= 11 is 0. The van der Waals surface area contributed by atoms with Crippen LogP contribution in [0, 0.1) is 5.92 Å². The van der Waals surface area contributed by atoms with Gasteiger partial charge in [0.2, 0.25) is 5.91 Å². The molecule has 0 atom stereocenters. The molecule has 4 rings (SSSR count). The number of hydrogen-bond donors (Lipinski definition) is 3. The van der Waals surface area contributed by atoms with E-state index in [1.165, 1.54) is 12.8 Å². The molecule has 8 nitrogen and oxygen atoms in total. The Morgan fingerprint density at radius 2 is 1.89 bits per heavy atom. The van der Waals surface area contributed by atoms with Crippen molar-refractivity contribution < 1.29 is 9.59 Å². The predicted octanol–water partition coefficient (Wildman–Crippen LogP) is 0.508. The van der Waals surface area contributed by atoms with Crippen LogP contribution in [0.25, 0.3) is 0 Å². The number of nitrogens with zero attached hydrogens (tertiary/aromatic N) is 3. The summed E-state index contributed by atoms with van der Waals surface area (Å²) in [5, 5.41) is 13.8. The number of piperazine rings is 1. The van der Waals surface area contributed by atoms with Gasteiger partial charge in [-0.15, -0.1) is 0 Å². The highest BCUT2D eigenvalue weighted by Gasteiger charge is 2.29. The number of carbonyl (C=O) groups is 2. The fourth-order valence-electron chi connectivity index (χ4n) is 4.54. The topological polar surface area (TPSA) is 93.4 Å². The molecule has 3 heterocycles. The van der Waals surface area contributed by atoms with Crippen LogP contribution in [0.3, 0.4) is 0 Å². The predicted molar refractivity (Wildman–Crippen MR) is 106 cm³/mol. The molecule has 2 fully saturated rings. The van der Waals surface area contributed by atoms with E-state index in [2.05, 4.69) is 32.7 Å². The van der Waals surface area contributed by atoms with E-state index in [0.29, 0.717) is 37.9 Å². The molecule has 0 radical (unpaired) electrons. The van der Waals surface area contributed by atoms with Gasteiger partial charge in [-0.3, -0.25) is 19.6 Å². The van der Waals surface area contributed by atoms with Crippen molar-refractivity contribution in [3.63, 3.8) is 0 Å². The third-order valence-corrected chi connectivity index (χ3v) is 6.42. The maximum atomic E-state index is 12.9. The first-order chi connectivity index (χ1) is 13.6. The van der Waals surface area contributed by atoms with Crippen LogP contribution in [0.1, 0.15) is 54.4 Å². The van der Waals surface area contributed by atoms with Crippen molar-refractivity contribution in [1.82, 2.24) is 30.6 Å². The van der Waals surface area contributed by atoms with E-state index in [1.54, 1.807) is 0 Å². The molecule has 28 heavy (non-hydrogen) atoms. The molecule has 8 heteroatoms. The van der Waals surface area contributed by atoms with E-state index < -0.39 is 0 Å². The maximum Gasteiger partial charge on any atom is 0.274 e. The lowest BCUT2D eigenvalue weighted by Crippen LogP contribution is -2.52. The number of nitrogens with one attached hydrogen (secondary N) is 3. The van der Waals surface area contributed by atoms with Crippen molar-refractivity contribution >= 4 is 11.8 Å². The number of H-pyrrole nitrogens is 1.